The molecule has 132 valence electrons. The van der Waals surface area contributed by atoms with E-state index in [1.54, 1.807) is 19.2 Å². The molecule has 2 atom stereocenters. The number of aromatic nitrogens is 1. The molecule has 0 spiro atoms. The van der Waals surface area contributed by atoms with Gasteiger partial charge in [-0.05, 0) is 43.4 Å². The largest absolute Gasteiger partial charge is 0.350 e. The molecule has 2 unspecified atom stereocenters. The number of carbonyl (C=O) groups is 1. The van der Waals surface area contributed by atoms with E-state index in [4.69, 9.17) is 5.73 Å². The van der Waals surface area contributed by atoms with Crippen LogP contribution in [-0.4, -0.2) is 27.3 Å². The molecule has 0 radical (unpaired) electrons. The number of hydrogen-bond donors (Lipinski definition) is 2. The molecule has 1 aromatic carbocycles. The zero-order valence-corrected chi connectivity index (χ0v) is 14.5. The van der Waals surface area contributed by atoms with Crippen molar-refractivity contribution in [3.8, 4) is 0 Å². The van der Waals surface area contributed by atoms with E-state index in [1.165, 1.54) is 11.1 Å². The third kappa shape index (κ3) is 5.72. The summed E-state index contributed by atoms with van der Waals surface area (Å²) in [5, 5.41) is 9.96. The second-order valence-electron chi connectivity index (χ2n) is 6.03. The van der Waals surface area contributed by atoms with Gasteiger partial charge in [0.05, 0.1) is 6.04 Å². The summed E-state index contributed by atoms with van der Waals surface area (Å²) < 4.78 is 0. The quantitative estimate of drug-likeness (QED) is 0.329. The summed E-state index contributed by atoms with van der Waals surface area (Å²) in [6.07, 6.45) is 10.3. The van der Waals surface area contributed by atoms with E-state index < -0.39 is 12.1 Å². The zero-order valence-electron chi connectivity index (χ0n) is 14.5. The third-order valence-corrected chi connectivity index (χ3v) is 4.18. The van der Waals surface area contributed by atoms with Gasteiger partial charge in [0.1, 0.15) is 0 Å². The second kappa shape index (κ2) is 9.59. The van der Waals surface area contributed by atoms with Crippen molar-refractivity contribution in [2.45, 2.75) is 38.1 Å². The first-order chi connectivity index (χ1) is 12.1. The maximum absolute atomic E-state index is 10.9. The Morgan fingerprint density at radius 2 is 1.96 bits per heavy atom. The number of amides is 2. The van der Waals surface area contributed by atoms with Crippen LogP contribution in [0.15, 0.2) is 67.0 Å². The van der Waals surface area contributed by atoms with Crippen molar-refractivity contribution in [2.75, 3.05) is 0 Å². The van der Waals surface area contributed by atoms with Crippen molar-refractivity contribution >= 4 is 6.03 Å². The molecule has 3 N–H and O–H groups in total. The molecule has 5 heteroatoms. The van der Waals surface area contributed by atoms with Crippen molar-refractivity contribution in [2.24, 2.45) is 5.73 Å². The summed E-state index contributed by atoms with van der Waals surface area (Å²) in [4.78, 5) is 15.1. The lowest BCUT2D eigenvalue weighted by Gasteiger charge is -2.18. The fourth-order valence-electron chi connectivity index (χ4n) is 2.81. The number of rotatable bonds is 8. The first-order valence-electron chi connectivity index (χ1n) is 8.48. The van der Waals surface area contributed by atoms with Crippen LogP contribution in [0.25, 0.3) is 0 Å². The van der Waals surface area contributed by atoms with E-state index in [-0.39, 0.29) is 0 Å². The molecular weight excluding hydrogens is 314 g/mol. The lowest BCUT2D eigenvalue weighted by atomic mass is 9.88. The summed E-state index contributed by atoms with van der Waals surface area (Å²) in [6.45, 7) is 1.71. The number of hydroxylamine groups is 2. The number of allylic oxidation sites excluding steroid dienone is 1. The number of pyridine rings is 1. The molecule has 25 heavy (non-hydrogen) atoms. The molecule has 1 heterocycles. The minimum Gasteiger partial charge on any atom is -0.350 e. The van der Waals surface area contributed by atoms with Crippen molar-refractivity contribution < 1.29 is 10.0 Å². The molecule has 1 aromatic heterocycles. The molecule has 0 bridgehead atoms. The second-order valence-corrected chi connectivity index (χ2v) is 6.03. The Balaban J connectivity index is 1.94. The van der Waals surface area contributed by atoms with Gasteiger partial charge >= 0.3 is 6.03 Å². The molecule has 2 aromatic rings. The summed E-state index contributed by atoms with van der Waals surface area (Å²) in [5.41, 5.74) is 7.52. The van der Waals surface area contributed by atoms with Gasteiger partial charge in [-0.3, -0.25) is 10.2 Å². The maximum Gasteiger partial charge on any atom is 0.339 e. The molecule has 0 aliphatic carbocycles. The number of nitrogens with two attached hydrogens (primary N) is 1. The lowest BCUT2D eigenvalue weighted by molar-refractivity contribution is -0.0562. The Morgan fingerprint density at radius 1 is 1.24 bits per heavy atom. The number of urea groups is 1. The molecule has 0 fully saturated rings. The molecule has 0 aliphatic heterocycles. The van der Waals surface area contributed by atoms with Crippen molar-refractivity contribution in [1.29, 1.82) is 0 Å². The van der Waals surface area contributed by atoms with E-state index >= 15 is 0 Å². The average molecular weight is 339 g/mol. The van der Waals surface area contributed by atoms with Crippen LogP contribution in [0.3, 0.4) is 0 Å². The summed E-state index contributed by atoms with van der Waals surface area (Å²) >= 11 is 0. The summed E-state index contributed by atoms with van der Waals surface area (Å²) in [5.74, 6) is 0.306. The van der Waals surface area contributed by atoms with Gasteiger partial charge in [-0.2, -0.15) is 5.06 Å². The van der Waals surface area contributed by atoms with E-state index in [1.807, 2.05) is 24.4 Å². The predicted octanol–water partition coefficient (Wildman–Crippen LogP) is 4.10. The first kappa shape index (κ1) is 18.7. The van der Waals surface area contributed by atoms with Crippen molar-refractivity contribution in [1.82, 2.24) is 10.0 Å². The van der Waals surface area contributed by atoms with Crippen molar-refractivity contribution in [3.63, 3.8) is 0 Å². The van der Waals surface area contributed by atoms with Crippen LogP contribution in [0.4, 0.5) is 4.79 Å². The third-order valence-electron chi connectivity index (χ3n) is 4.18. The lowest BCUT2D eigenvalue weighted by Crippen LogP contribution is -2.38. The van der Waals surface area contributed by atoms with Gasteiger partial charge in [0, 0.05) is 18.3 Å². The van der Waals surface area contributed by atoms with Crippen LogP contribution in [0.2, 0.25) is 0 Å². The van der Waals surface area contributed by atoms with Gasteiger partial charge in [-0.15, -0.1) is 0 Å². The number of carbonyl (C=O) groups excluding carboxylic acids is 1. The minimum absolute atomic E-state index is 0.306. The Hall–Kier alpha value is -2.66. The minimum atomic E-state index is -0.849. The standard InChI is InChI=1S/C20H25N3O2/c1-16(23(25)20(21)24)9-4-2-7-13-19(17-10-5-3-6-11-17)18-12-8-14-22-15-18/h3-6,8-12,14-16,19,25H,2,7,13H2,1H3,(H2,21,24)/b9-4+. The fraction of sp³-hybridized carbons (Fsp3) is 0.300. The number of benzene rings is 1. The Labute approximate surface area is 148 Å². The van der Waals surface area contributed by atoms with Crippen LogP contribution >= 0.6 is 0 Å². The Kier molecular flexibility index (Phi) is 7.16. The highest BCUT2D eigenvalue weighted by Gasteiger charge is 2.14. The average Bonchev–Trinajstić information content (AvgIpc) is 2.65. The van der Waals surface area contributed by atoms with Gasteiger partial charge in [0.15, 0.2) is 0 Å². The topological polar surface area (TPSA) is 79.4 Å². The molecule has 2 amide bonds. The van der Waals surface area contributed by atoms with Crippen LogP contribution in [0.5, 0.6) is 0 Å². The van der Waals surface area contributed by atoms with Gasteiger partial charge in [-0.25, -0.2) is 4.79 Å². The molecule has 0 saturated carbocycles. The van der Waals surface area contributed by atoms with E-state index in [0.717, 1.165) is 19.3 Å². The summed E-state index contributed by atoms with van der Waals surface area (Å²) in [6, 6.07) is 13.2. The number of nitrogens with zero attached hydrogens (tertiary/aromatic N) is 2. The van der Waals surface area contributed by atoms with Gasteiger partial charge < -0.3 is 5.73 Å². The molecule has 0 saturated heterocycles. The number of hydrogen-bond acceptors (Lipinski definition) is 3. The normalized spacial score (nSPS) is 13.5. The molecule has 0 aliphatic rings. The van der Waals surface area contributed by atoms with E-state index in [9.17, 15) is 10.0 Å². The van der Waals surface area contributed by atoms with Crippen molar-refractivity contribution in [3.05, 3.63) is 78.1 Å². The molecular formula is C20H25N3O2. The SMILES string of the molecule is CC(/C=C/CCCC(c1ccccc1)c1cccnc1)N(O)C(N)=O. The molecule has 5 nitrogen and oxygen atoms in total. The van der Waals surface area contributed by atoms with Crippen LogP contribution in [0, 0.1) is 0 Å². The first-order valence-corrected chi connectivity index (χ1v) is 8.48. The predicted molar refractivity (Wildman–Crippen MR) is 98.2 cm³/mol. The van der Waals surface area contributed by atoms with Gasteiger partial charge in [0.2, 0.25) is 0 Å². The highest BCUT2D eigenvalue weighted by atomic mass is 16.5. The zero-order chi connectivity index (χ0) is 18.1. The van der Waals surface area contributed by atoms with E-state index in [2.05, 4.69) is 35.3 Å². The van der Waals surface area contributed by atoms with E-state index in [0.29, 0.717) is 11.0 Å². The number of primary amides is 1. The van der Waals surface area contributed by atoms with Crippen LogP contribution in [-0.2, 0) is 0 Å². The number of unbranched alkanes of at least 4 members (excludes halogenated alkanes) is 1. The monoisotopic (exact) mass is 339 g/mol. The smallest absolute Gasteiger partial charge is 0.339 e. The highest BCUT2D eigenvalue weighted by Crippen LogP contribution is 2.29. The van der Waals surface area contributed by atoms with Gasteiger partial charge in [0.25, 0.3) is 0 Å². The summed E-state index contributed by atoms with van der Waals surface area (Å²) in [7, 11) is 0. The fourth-order valence-corrected chi connectivity index (χ4v) is 2.81. The van der Waals surface area contributed by atoms with Crippen LogP contribution in [0.1, 0.15) is 43.2 Å². The molecule has 2 rings (SSSR count). The Morgan fingerprint density at radius 3 is 2.60 bits per heavy atom. The Bertz CT molecular complexity index is 634. The van der Waals surface area contributed by atoms with Gasteiger partial charge in [-0.1, -0.05) is 48.6 Å². The van der Waals surface area contributed by atoms with Crippen LogP contribution < -0.4 is 5.73 Å². The maximum atomic E-state index is 10.9. The highest BCUT2D eigenvalue weighted by molar-refractivity contribution is 5.71.